The summed E-state index contributed by atoms with van der Waals surface area (Å²) < 4.78 is 0. The van der Waals surface area contributed by atoms with E-state index >= 15 is 0 Å². The summed E-state index contributed by atoms with van der Waals surface area (Å²) in [7, 11) is 0. The maximum atomic E-state index is 12.9. The average Bonchev–Trinajstić information content (AvgIpc) is 2.54. The van der Waals surface area contributed by atoms with E-state index in [9.17, 15) is 4.79 Å². The van der Waals surface area contributed by atoms with E-state index in [4.69, 9.17) is 5.41 Å². The normalized spacial score (nSPS) is 17.4. The van der Waals surface area contributed by atoms with Crippen LogP contribution < -0.4 is 0 Å². The second kappa shape index (κ2) is 10.8. The van der Waals surface area contributed by atoms with Gasteiger partial charge in [0, 0.05) is 17.7 Å². The highest BCUT2D eigenvalue weighted by Gasteiger charge is 2.38. The second-order valence-corrected chi connectivity index (χ2v) is 7.75. The summed E-state index contributed by atoms with van der Waals surface area (Å²) >= 11 is 0. The SMILES string of the molecule is CCCCCCCC1=C(C(=N)CC)C(=O)CC(CCC)(CCC)C1. The summed E-state index contributed by atoms with van der Waals surface area (Å²) in [4.78, 5) is 12.9. The first-order valence-electron chi connectivity index (χ1n) is 10.4. The molecule has 0 saturated heterocycles. The van der Waals surface area contributed by atoms with Crippen LogP contribution in [0, 0.1) is 10.8 Å². The van der Waals surface area contributed by atoms with E-state index in [1.54, 1.807) is 0 Å². The smallest absolute Gasteiger partial charge is 0.165 e. The van der Waals surface area contributed by atoms with Crippen LogP contribution in [0.3, 0.4) is 0 Å². The summed E-state index contributed by atoms with van der Waals surface area (Å²) in [6.45, 7) is 8.72. The molecule has 0 fully saturated rings. The van der Waals surface area contributed by atoms with Crippen LogP contribution in [0.25, 0.3) is 0 Å². The summed E-state index contributed by atoms with van der Waals surface area (Å²) in [5, 5.41) is 8.29. The van der Waals surface area contributed by atoms with Gasteiger partial charge in [-0.05, 0) is 43.9 Å². The highest BCUT2D eigenvalue weighted by Crippen LogP contribution is 2.46. The highest BCUT2D eigenvalue weighted by atomic mass is 16.1. The molecule has 1 N–H and O–H groups in total. The monoisotopic (exact) mass is 333 g/mol. The lowest BCUT2D eigenvalue weighted by Gasteiger charge is -2.39. The van der Waals surface area contributed by atoms with Crippen molar-refractivity contribution < 1.29 is 4.79 Å². The Morgan fingerprint density at radius 1 is 0.917 bits per heavy atom. The first kappa shape index (κ1) is 21.1. The maximum Gasteiger partial charge on any atom is 0.165 e. The van der Waals surface area contributed by atoms with Gasteiger partial charge < -0.3 is 5.41 Å². The molecule has 0 aromatic heterocycles. The van der Waals surface area contributed by atoms with Crippen LogP contribution in [0.2, 0.25) is 0 Å². The van der Waals surface area contributed by atoms with Crippen molar-refractivity contribution in [1.29, 1.82) is 5.41 Å². The Hall–Kier alpha value is -0.920. The second-order valence-electron chi connectivity index (χ2n) is 7.75. The molecule has 1 rings (SSSR count). The minimum absolute atomic E-state index is 0.177. The third-order valence-electron chi connectivity index (χ3n) is 5.55. The lowest BCUT2D eigenvalue weighted by Crippen LogP contribution is -2.33. The predicted molar refractivity (Wildman–Crippen MR) is 105 cm³/mol. The van der Waals surface area contributed by atoms with Gasteiger partial charge >= 0.3 is 0 Å². The van der Waals surface area contributed by atoms with Crippen LogP contribution in [-0.4, -0.2) is 11.5 Å². The Kier molecular flexibility index (Phi) is 9.54. The van der Waals surface area contributed by atoms with Crippen molar-refractivity contribution in [1.82, 2.24) is 0 Å². The van der Waals surface area contributed by atoms with Gasteiger partial charge in [0.1, 0.15) is 0 Å². The Balaban J connectivity index is 2.96. The Labute approximate surface area is 150 Å². The van der Waals surface area contributed by atoms with Crippen LogP contribution in [0.5, 0.6) is 0 Å². The fourth-order valence-electron chi connectivity index (χ4n) is 4.48. The zero-order chi connectivity index (χ0) is 18.0. The summed E-state index contributed by atoms with van der Waals surface area (Å²) in [6.07, 6.45) is 14.4. The topological polar surface area (TPSA) is 40.9 Å². The number of ketones is 1. The summed E-state index contributed by atoms with van der Waals surface area (Å²) in [5.41, 5.74) is 2.88. The van der Waals surface area contributed by atoms with E-state index in [0.29, 0.717) is 18.6 Å². The maximum absolute atomic E-state index is 12.9. The third-order valence-corrected chi connectivity index (χ3v) is 5.55. The molecule has 0 heterocycles. The number of carbonyl (C=O) groups excluding carboxylic acids is 1. The molecule has 0 amide bonds. The van der Waals surface area contributed by atoms with Crippen molar-refractivity contribution in [2.45, 2.75) is 111 Å². The van der Waals surface area contributed by atoms with E-state index in [1.165, 1.54) is 37.7 Å². The number of rotatable bonds is 12. The zero-order valence-corrected chi connectivity index (χ0v) is 16.6. The summed E-state index contributed by atoms with van der Waals surface area (Å²) in [5.74, 6) is 0.263. The largest absolute Gasteiger partial charge is 0.305 e. The highest BCUT2D eigenvalue weighted by molar-refractivity contribution is 6.22. The van der Waals surface area contributed by atoms with Crippen molar-refractivity contribution in [2.75, 3.05) is 0 Å². The average molecular weight is 334 g/mol. The standard InChI is InChI=1S/C22H39NO/c1-5-9-10-11-12-13-18-16-22(14-6-2,15-7-3)17-20(24)21(18)19(23)8-4/h23H,5-17H2,1-4H3. The minimum atomic E-state index is 0.177. The number of carbonyl (C=O) groups is 1. The number of hydrogen-bond acceptors (Lipinski definition) is 2. The molecule has 0 aromatic rings. The fourth-order valence-corrected chi connectivity index (χ4v) is 4.48. The van der Waals surface area contributed by atoms with Gasteiger partial charge in [-0.3, -0.25) is 4.79 Å². The van der Waals surface area contributed by atoms with Crippen LogP contribution in [0.4, 0.5) is 0 Å². The van der Waals surface area contributed by atoms with Crippen LogP contribution in [0.15, 0.2) is 11.1 Å². The molecular formula is C22H39NO. The molecule has 0 atom stereocenters. The number of unbranched alkanes of at least 4 members (excludes halogenated alkanes) is 4. The van der Waals surface area contributed by atoms with E-state index in [0.717, 1.165) is 44.1 Å². The molecule has 138 valence electrons. The van der Waals surface area contributed by atoms with Crippen molar-refractivity contribution in [3.8, 4) is 0 Å². The van der Waals surface area contributed by atoms with Gasteiger partial charge in [0.05, 0.1) is 0 Å². The number of allylic oxidation sites excluding steroid dienone is 2. The molecule has 0 saturated carbocycles. The van der Waals surface area contributed by atoms with Crippen LogP contribution >= 0.6 is 0 Å². The van der Waals surface area contributed by atoms with Gasteiger partial charge in [0.25, 0.3) is 0 Å². The predicted octanol–water partition coefficient (Wildman–Crippen LogP) is 7.02. The molecule has 1 aliphatic rings. The van der Waals surface area contributed by atoms with E-state index in [2.05, 4.69) is 20.8 Å². The van der Waals surface area contributed by atoms with Gasteiger partial charge in [-0.25, -0.2) is 0 Å². The molecule has 0 aliphatic heterocycles. The van der Waals surface area contributed by atoms with E-state index in [1.807, 2.05) is 6.92 Å². The fraction of sp³-hybridized carbons (Fsp3) is 0.818. The number of Topliss-reactive ketones (excluding diaryl/α,β-unsaturated/α-hetero) is 1. The number of hydrogen-bond donors (Lipinski definition) is 1. The van der Waals surface area contributed by atoms with E-state index < -0.39 is 0 Å². The van der Waals surface area contributed by atoms with Crippen LogP contribution in [-0.2, 0) is 4.79 Å². The third kappa shape index (κ3) is 5.86. The molecular weight excluding hydrogens is 294 g/mol. The lowest BCUT2D eigenvalue weighted by atomic mass is 9.65. The molecule has 2 nitrogen and oxygen atoms in total. The molecule has 1 aliphatic carbocycles. The van der Waals surface area contributed by atoms with Gasteiger partial charge in [0.15, 0.2) is 5.78 Å². The van der Waals surface area contributed by atoms with Gasteiger partial charge in [-0.2, -0.15) is 0 Å². The van der Waals surface area contributed by atoms with Crippen molar-refractivity contribution in [2.24, 2.45) is 5.41 Å². The first-order valence-corrected chi connectivity index (χ1v) is 10.4. The zero-order valence-electron chi connectivity index (χ0n) is 16.6. The molecule has 0 spiro atoms. The Bertz CT molecular complexity index is 441. The quantitative estimate of drug-likeness (QED) is 0.302. The minimum Gasteiger partial charge on any atom is -0.305 e. The molecule has 0 bridgehead atoms. The lowest BCUT2D eigenvalue weighted by molar-refractivity contribution is -0.118. The van der Waals surface area contributed by atoms with Crippen molar-refractivity contribution in [3.05, 3.63) is 11.1 Å². The molecule has 2 heteroatoms. The first-order chi connectivity index (χ1) is 11.5. The molecule has 0 unspecified atom stereocenters. The van der Waals surface area contributed by atoms with E-state index in [-0.39, 0.29) is 11.2 Å². The Morgan fingerprint density at radius 2 is 1.54 bits per heavy atom. The summed E-state index contributed by atoms with van der Waals surface area (Å²) in [6, 6.07) is 0. The molecule has 24 heavy (non-hydrogen) atoms. The van der Waals surface area contributed by atoms with Gasteiger partial charge in [-0.1, -0.05) is 71.8 Å². The van der Waals surface area contributed by atoms with Crippen molar-refractivity contribution >= 4 is 11.5 Å². The van der Waals surface area contributed by atoms with Gasteiger partial charge in [-0.15, -0.1) is 0 Å². The number of nitrogens with one attached hydrogen (secondary N) is 1. The van der Waals surface area contributed by atoms with Crippen molar-refractivity contribution in [3.63, 3.8) is 0 Å². The molecule has 0 aromatic carbocycles. The Morgan fingerprint density at radius 3 is 2.08 bits per heavy atom. The molecule has 0 radical (unpaired) electrons. The van der Waals surface area contributed by atoms with Crippen LogP contribution in [0.1, 0.15) is 111 Å². The van der Waals surface area contributed by atoms with Gasteiger partial charge in [0.2, 0.25) is 0 Å².